The Hall–Kier alpha value is -3.34. The van der Waals surface area contributed by atoms with Gasteiger partial charge in [-0.1, -0.05) is 0 Å². The molecule has 0 N–H and O–H groups in total. The van der Waals surface area contributed by atoms with Gasteiger partial charge >= 0.3 is 5.69 Å². The number of nitro groups is 1. The summed E-state index contributed by atoms with van der Waals surface area (Å²) in [7, 11) is 0. The van der Waals surface area contributed by atoms with Gasteiger partial charge in [-0.25, -0.2) is 0 Å². The number of carbonyl (C=O) groups excluding carboxylic acids is 1. The Bertz CT molecular complexity index is 811. The van der Waals surface area contributed by atoms with Crippen molar-refractivity contribution < 1.29 is 14.5 Å². The monoisotopic (exact) mass is 298 g/mol. The largest absolute Gasteiger partial charge is 0.429 e. The van der Waals surface area contributed by atoms with Gasteiger partial charge in [0.05, 0.1) is 10.6 Å². The van der Waals surface area contributed by atoms with E-state index in [1.165, 1.54) is 12.1 Å². The van der Waals surface area contributed by atoms with Crippen LogP contribution in [0, 0.1) is 35.3 Å². The molecule has 0 aliphatic rings. The fourth-order valence-electron chi connectivity index (χ4n) is 1.73. The highest BCUT2D eigenvalue weighted by molar-refractivity contribution is 5.77. The number of carbonyl (C=O) groups is 1. The smallest absolute Gasteiger partial charge is 0.311 e. The molecular formula is C14H10N4O4. The van der Waals surface area contributed by atoms with Crippen molar-refractivity contribution in [3.63, 3.8) is 0 Å². The predicted molar refractivity (Wildman–Crippen MR) is 74.8 cm³/mol. The van der Waals surface area contributed by atoms with Crippen LogP contribution in [0.4, 0.5) is 5.69 Å². The molecule has 2 rings (SSSR count). The molecule has 1 aromatic carbocycles. The minimum atomic E-state index is -0.648. The van der Waals surface area contributed by atoms with Crippen molar-refractivity contribution in [2.45, 2.75) is 13.8 Å². The number of aldehydes is 1. The van der Waals surface area contributed by atoms with Crippen LogP contribution in [-0.4, -0.2) is 21.4 Å². The molecule has 0 saturated carbocycles. The van der Waals surface area contributed by atoms with Gasteiger partial charge in [0, 0.05) is 11.6 Å². The molecule has 0 aliphatic carbocycles. The molecule has 22 heavy (non-hydrogen) atoms. The summed E-state index contributed by atoms with van der Waals surface area (Å²) in [4.78, 5) is 21.2. The minimum absolute atomic E-state index is 0.137. The van der Waals surface area contributed by atoms with Crippen molar-refractivity contribution in [3.8, 4) is 17.7 Å². The predicted octanol–water partition coefficient (Wildman–Crippen LogP) is 2.48. The Kier molecular flexibility index (Phi) is 4.08. The van der Waals surface area contributed by atoms with Gasteiger partial charge in [0.2, 0.25) is 5.75 Å². The highest BCUT2D eigenvalue weighted by atomic mass is 16.6. The Morgan fingerprint density at radius 1 is 1.36 bits per heavy atom. The summed E-state index contributed by atoms with van der Waals surface area (Å²) in [6.45, 7) is 3.36. The van der Waals surface area contributed by atoms with E-state index < -0.39 is 4.92 Å². The van der Waals surface area contributed by atoms with Crippen LogP contribution in [0.2, 0.25) is 0 Å². The number of aromatic nitrogens is 2. The lowest BCUT2D eigenvalue weighted by Gasteiger charge is -2.09. The molecule has 0 bridgehead atoms. The average molecular weight is 298 g/mol. The van der Waals surface area contributed by atoms with Gasteiger partial charge < -0.3 is 4.74 Å². The lowest BCUT2D eigenvalue weighted by molar-refractivity contribution is -0.385. The third-order valence-electron chi connectivity index (χ3n) is 3.06. The third kappa shape index (κ3) is 2.73. The van der Waals surface area contributed by atoms with Gasteiger partial charge in [-0.15, -0.1) is 5.10 Å². The van der Waals surface area contributed by atoms with E-state index in [0.717, 1.165) is 6.07 Å². The highest BCUT2D eigenvalue weighted by Gasteiger charge is 2.20. The molecule has 1 heterocycles. The molecule has 0 unspecified atom stereocenters. The summed E-state index contributed by atoms with van der Waals surface area (Å²) in [5.74, 6) is -0.319. The quantitative estimate of drug-likeness (QED) is 0.483. The molecular weight excluding hydrogens is 288 g/mol. The summed E-state index contributed by atoms with van der Waals surface area (Å²) in [6.07, 6.45) is 0.536. The second-order valence-corrected chi connectivity index (χ2v) is 4.41. The number of hydrogen-bond acceptors (Lipinski definition) is 7. The standard InChI is InChI=1S/C14H10N4O4/c1-8-9(2)16-17-14(11(8)6-15)22-13-5-10(7-19)3-4-12(13)18(20)21/h3-5,7H,1-2H3. The number of nitriles is 1. The summed E-state index contributed by atoms with van der Waals surface area (Å²) in [5.41, 5.74) is 1.13. The van der Waals surface area contributed by atoms with Crippen molar-refractivity contribution in [1.82, 2.24) is 10.2 Å². The number of ether oxygens (including phenoxy) is 1. The number of hydrogen-bond donors (Lipinski definition) is 0. The number of nitro benzene ring substituents is 1. The second-order valence-electron chi connectivity index (χ2n) is 4.41. The number of nitrogens with zero attached hydrogens (tertiary/aromatic N) is 4. The maximum atomic E-state index is 11.0. The minimum Gasteiger partial charge on any atom is -0.429 e. The van der Waals surface area contributed by atoms with E-state index in [9.17, 15) is 20.2 Å². The number of aryl methyl sites for hydroxylation is 1. The second kappa shape index (κ2) is 5.97. The lowest BCUT2D eigenvalue weighted by atomic mass is 10.1. The van der Waals surface area contributed by atoms with Crippen LogP contribution in [0.3, 0.4) is 0 Å². The van der Waals surface area contributed by atoms with Crippen LogP contribution in [0.5, 0.6) is 11.6 Å². The topological polar surface area (TPSA) is 119 Å². The van der Waals surface area contributed by atoms with Crippen LogP contribution >= 0.6 is 0 Å². The molecule has 0 atom stereocenters. The Morgan fingerprint density at radius 2 is 2.09 bits per heavy atom. The number of rotatable bonds is 4. The van der Waals surface area contributed by atoms with Crippen LogP contribution in [0.15, 0.2) is 18.2 Å². The molecule has 0 aliphatic heterocycles. The van der Waals surface area contributed by atoms with Gasteiger partial charge in [0.1, 0.15) is 17.9 Å². The van der Waals surface area contributed by atoms with Crippen LogP contribution < -0.4 is 4.74 Å². The molecule has 0 saturated heterocycles. The Morgan fingerprint density at radius 3 is 2.68 bits per heavy atom. The van der Waals surface area contributed by atoms with E-state index in [1.807, 2.05) is 6.07 Å². The maximum absolute atomic E-state index is 11.0. The lowest BCUT2D eigenvalue weighted by Crippen LogP contribution is -2.02. The summed E-state index contributed by atoms with van der Waals surface area (Å²) in [5, 5.41) is 27.8. The van der Waals surface area contributed by atoms with E-state index >= 15 is 0 Å². The zero-order valence-electron chi connectivity index (χ0n) is 11.7. The molecule has 110 valence electrons. The average Bonchev–Trinajstić information content (AvgIpc) is 2.51. The van der Waals surface area contributed by atoms with Gasteiger partial charge in [-0.05, 0) is 31.5 Å². The fourth-order valence-corrected chi connectivity index (χ4v) is 1.73. The van der Waals surface area contributed by atoms with E-state index in [1.54, 1.807) is 13.8 Å². The number of benzene rings is 1. The highest BCUT2D eigenvalue weighted by Crippen LogP contribution is 2.33. The molecule has 8 nitrogen and oxygen atoms in total. The van der Waals surface area contributed by atoms with E-state index in [-0.39, 0.29) is 28.4 Å². The van der Waals surface area contributed by atoms with Crippen molar-refractivity contribution in [3.05, 3.63) is 50.7 Å². The van der Waals surface area contributed by atoms with Crippen molar-refractivity contribution in [1.29, 1.82) is 5.26 Å². The molecule has 0 radical (unpaired) electrons. The van der Waals surface area contributed by atoms with E-state index in [2.05, 4.69) is 10.2 Å². The molecule has 8 heteroatoms. The van der Waals surface area contributed by atoms with E-state index in [4.69, 9.17) is 4.74 Å². The SMILES string of the molecule is Cc1nnc(Oc2cc(C=O)ccc2[N+](=O)[O-])c(C#N)c1C. The van der Waals surface area contributed by atoms with Crippen molar-refractivity contribution in [2.24, 2.45) is 0 Å². The Balaban J connectivity index is 2.56. The van der Waals surface area contributed by atoms with Crippen molar-refractivity contribution >= 4 is 12.0 Å². The summed E-state index contributed by atoms with van der Waals surface area (Å²) < 4.78 is 5.37. The summed E-state index contributed by atoms with van der Waals surface area (Å²) in [6, 6.07) is 5.60. The molecule has 2 aromatic rings. The third-order valence-corrected chi connectivity index (χ3v) is 3.06. The normalized spacial score (nSPS) is 9.86. The summed E-state index contributed by atoms with van der Waals surface area (Å²) >= 11 is 0. The van der Waals surface area contributed by atoms with Gasteiger partial charge in [0.25, 0.3) is 5.88 Å². The Labute approximate surface area is 125 Å². The molecule has 0 fully saturated rings. The van der Waals surface area contributed by atoms with Crippen LogP contribution in [0.25, 0.3) is 0 Å². The first-order chi connectivity index (χ1) is 10.5. The molecule has 0 spiro atoms. The van der Waals surface area contributed by atoms with E-state index in [0.29, 0.717) is 17.5 Å². The first kappa shape index (κ1) is 15.1. The molecule has 0 amide bonds. The first-order valence-electron chi connectivity index (χ1n) is 6.13. The maximum Gasteiger partial charge on any atom is 0.311 e. The zero-order valence-corrected chi connectivity index (χ0v) is 11.7. The van der Waals surface area contributed by atoms with Gasteiger partial charge in [0.15, 0.2) is 0 Å². The van der Waals surface area contributed by atoms with Crippen LogP contribution in [0.1, 0.15) is 27.2 Å². The van der Waals surface area contributed by atoms with Crippen LogP contribution in [-0.2, 0) is 0 Å². The van der Waals surface area contributed by atoms with Crippen molar-refractivity contribution in [2.75, 3.05) is 0 Å². The van der Waals surface area contributed by atoms with Gasteiger partial charge in [-0.2, -0.15) is 10.4 Å². The first-order valence-corrected chi connectivity index (χ1v) is 6.13. The zero-order chi connectivity index (χ0) is 16.3. The molecule has 1 aromatic heterocycles. The fraction of sp³-hybridized carbons (Fsp3) is 0.143. The van der Waals surface area contributed by atoms with Gasteiger partial charge in [-0.3, -0.25) is 14.9 Å².